The molecular formula is C17H15Cl2N2ORu. The molecule has 6 heteroatoms. The molecule has 0 atom stereocenters. The zero-order valence-corrected chi connectivity index (χ0v) is 15.9. The van der Waals surface area contributed by atoms with Crippen LogP contribution < -0.4 is 4.90 Å². The number of likely N-dealkylation sites (N-methyl/N-ethyl adjacent to an activating group) is 1. The first-order chi connectivity index (χ1) is 10.7. The first-order valence-corrected chi connectivity index (χ1v) is 9.00. The van der Waals surface area contributed by atoms with Crippen molar-refractivity contribution in [3.8, 4) is 0 Å². The number of halogens is 2. The summed E-state index contributed by atoms with van der Waals surface area (Å²) >= 11 is 7.92. The first-order valence-electron chi connectivity index (χ1n) is 6.38. The number of amides is 1. The van der Waals surface area contributed by atoms with E-state index in [-0.39, 0.29) is 19.9 Å². The summed E-state index contributed by atoms with van der Waals surface area (Å²) < 4.78 is 0. The van der Waals surface area contributed by atoms with Crippen molar-refractivity contribution in [2.24, 2.45) is 4.99 Å². The summed E-state index contributed by atoms with van der Waals surface area (Å²) in [5.74, 6) is -0.0421. The van der Waals surface area contributed by atoms with Crippen molar-refractivity contribution in [2.45, 2.75) is 0 Å². The Morgan fingerprint density at radius 3 is 2.65 bits per heavy atom. The molecule has 0 saturated heterocycles. The van der Waals surface area contributed by atoms with E-state index < -0.39 is 0 Å². The molecule has 3 rings (SSSR count). The monoisotopic (exact) mass is 435 g/mol. The van der Waals surface area contributed by atoms with Gasteiger partial charge in [0.2, 0.25) is 5.91 Å². The molecule has 1 heterocycles. The van der Waals surface area contributed by atoms with Crippen LogP contribution in [0.3, 0.4) is 0 Å². The number of rotatable bonds is 1. The van der Waals surface area contributed by atoms with Crippen molar-refractivity contribution in [1.82, 2.24) is 0 Å². The fraction of sp³-hybridized carbons (Fsp3) is 0.118. The summed E-state index contributed by atoms with van der Waals surface area (Å²) in [5, 5.41) is 0.620. The third-order valence-corrected chi connectivity index (χ3v) is 3.52. The van der Waals surface area contributed by atoms with E-state index in [0.717, 1.165) is 22.5 Å². The van der Waals surface area contributed by atoms with Gasteiger partial charge in [-0.05, 0) is 29.5 Å². The molecule has 3 nitrogen and oxygen atoms in total. The predicted octanol–water partition coefficient (Wildman–Crippen LogP) is 4.09. The van der Waals surface area contributed by atoms with Crippen LogP contribution in [-0.2, 0) is 22.1 Å². The molecular weight excluding hydrogens is 420 g/mol. The minimum absolute atomic E-state index is 0. The number of anilines is 1. The summed E-state index contributed by atoms with van der Waals surface area (Å²) in [6.07, 6.45) is 0. The van der Waals surface area contributed by atoms with E-state index >= 15 is 0 Å². The number of carbonyl (C=O) groups excluding carboxylic acids is 1. The molecule has 0 aromatic heterocycles. The van der Waals surface area contributed by atoms with Crippen LogP contribution >= 0.6 is 21.3 Å². The molecule has 0 radical (unpaired) electrons. The standard InChI is InChI=1S/C16H12ClN2O.CH3.ClH.Ru/c1-19-14-8-7-12(17)9-13(14)16(18-10-15(19)20)11-5-3-2-4-6-11;;;/h2-5,7-9H,10H2,1H3;1H3;1H;/q2*-1;;+3/p-1. The average molecular weight is 435 g/mol. The molecule has 2 aromatic carbocycles. The van der Waals surface area contributed by atoms with Gasteiger partial charge < -0.3 is 17.3 Å². The molecule has 0 fully saturated rings. The van der Waals surface area contributed by atoms with Crippen LogP contribution in [0, 0.1) is 13.5 Å². The molecule has 23 heavy (non-hydrogen) atoms. The molecule has 0 aliphatic carbocycles. The number of benzodiazepines with no additional fused rings is 1. The van der Waals surface area contributed by atoms with Gasteiger partial charge in [0.15, 0.2) is 0 Å². The van der Waals surface area contributed by atoms with Gasteiger partial charge in [-0.1, -0.05) is 11.6 Å². The fourth-order valence-electron chi connectivity index (χ4n) is 2.23. The Bertz CT molecular complexity index is 705. The molecule has 121 valence electrons. The molecule has 1 amide bonds. The quantitative estimate of drug-likeness (QED) is 0.491. The van der Waals surface area contributed by atoms with Gasteiger partial charge in [-0.15, -0.1) is 35.9 Å². The van der Waals surface area contributed by atoms with Gasteiger partial charge in [0.25, 0.3) is 0 Å². The van der Waals surface area contributed by atoms with Crippen molar-refractivity contribution >= 4 is 38.6 Å². The SMILES string of the molecule is CN1C(=O)CN=C(c2[c-]cccc2)c2cc(Cl)ccc21.[CH3-].[Cl][Ru+2]. The molecule has 0 N–H and O–H groups in total. The fourth-order valence-corrected chi connectivity index (χ4v) is 2.41. The van der Waals surface area contributed by atoms with Crippen molar-refractivity contribution in [3.63, 3.8) is 0 Å². The minimum atomic E-state index is -0.0421. The molecule has 1 aliphatic heterocycles. The Labute approximate surface area is 156 Å². The first kappa shape index (κ1) is 19.8. The van der Waals surface area contributed by atoms with Gasteiger partial charge in [-0.25, -0.2) is 0 Å². The third kappa shape index (κ3) is 4.41. The van der Waals surface area contributed by atoms with Gasteiger partial charge >= 0.3 is 27.0 Å². The predicted molar refractivity (Wildman–Crippen MR) is 92.9 cm³/mol. The van der Waals surface area contributed by atoms with E-state index in [4.69, 9.17) is 11.6 Å². The Kier molecular flexibility index (Phi) is 7.91. The molecule has 0 spiro atoms. The normalized spacial score (nSPS) is 12.9. The zero-order valence-electron chi connectivity index (χ0n) is 12.7. The summed E-state index contributed by atoms with van der Waals surface area (Å²) in [4.78, 5) is 18.1. The van der Waals surface area contributed by atoms with Gasteiger partial charge in [0.05, 0.1) is 0 Å². The Morgan fingerprint density at radius 2 is 2.00 bits per heavy atom. The van der Waals surface area contributed by atoms with Gasteiger partial charge in [0.1, 0.15) is 6.54 Å². The van der Waals surface area contributed by atoms with Crippen LogP contribution in [0.1, 0.15) is 11.1 Å². The summed E-state index contributed by atoms with van der Waals surface area (Å²) in [7, 11) is 6.32. The molecule has 0 bridgehead atoms. The van der Waals surface area contributed by atoms with E-state index in [9.17, 15) is 4.79 Å². The topological polar surface area (TPSA) is 32.7 Å². The third-order valence-electron chi connectivity index (χ3n) is 3.29. The Hall–Kier alpha value is -1.22. The molecule has 2 aromatic rings. The number of aliphatic imine (C=N–C) groups is 1. The number of nitrogens with zero attached hydrogens (tertiary/aromatic N) is 2. The van der Waals surface area contributed by atoms with Gasteiger partial charge in [-0.2, -0.15) is 0 Å². The molecule has 0 saturated carbocycles. The Morgan fingerprint density at radius 1 is 1.26 bits per heavy atom. The van der Waals surface area contributed by atoms with E-state index in [1.54, 1.807) is 18.0 Å². The van der Waals surface area contributed by atoms with Crippen molar-refractivity contribution in [2.75, 3.05) is 18.5 Å². The van der Waals surface area contributed by atoms with Crippen LogP contribution in [0.15, 0.2) is 47.5 Å². The maximum atomic E-state index is 12.0. The van der Waals surface area contributed by atoms with Gasteiger partial charge in [0, 0.05) is 17.8 Å². The van der Waals surface area contributed by atoms with Crippen LogP contribution in [0.5, 0.6) is 0 Å². The summed E-state index contributed by atoms with van der Waals surface area (Å²) in [5.41, 5.74) is 3.28. The number of benzene rings is 2. The second kappa shape index (κ2) is 9.17. The van der Waals surface area contributed by atoms with Crippen LogP contribution in [-0.4, -0.2) is 25.2 Å². The van der Waals surface area contributed by atoms with Crippen LogP contribution in [0.25, 0.3) is 0 Å². The number of carbonyl (C=O) groups is 1. The van der Waals surface area contributed by atoms with Crippen molar-refractivity contribution in [3.05, 3.63) is 72.1 Å². The van der Waals surface area contributed by atoms with Gasteiger partial charge in [-0.3, -0.25) is 4.79 Å². The number of hydrogen-bond acceptors (Lipinski definition) is 2. The Balaban J connectivity index is 0.000000849. The maximum absolute atomic E-state index is 12.0. The summed E-state index contributed by atoms with van der Waals surface area (Å²) in [6, 6.07) is 16.2. The molecule has 0 unspecified atom stereocenters. The average Bonchev–Trinajstić information content (AvgIpc) is 2.68. The second-order valence-electron chi connectivity index (χ2n) is 4.56. The van der Waals surface area contributed by atoms with Crippen LogP contribution in [0.4, 0.5) is 5.69 Å². The zero-order chi connectivity index (χ0) is 16.1. The van der Waals surface area contributed by atoms with Crippen molar-refractivity contribution in [1.29, 1.82) is 0 Å². The number of hydrogen-bond donors (Lipinski definition) is 0. The number of fused-ring (bicyclic) bond motifs is 1. The van der Waals surface area contributed by atoms with Crippen molar-refractivity contribution < 1.29 is 22.1 Å². The van der Waals surface area contributed by atoms with E-state index in [2.05, 4.69) is 20.7 Å². The summed E-state index contributed by atoms with van der Waals surface area (Å²) in [6.45, 7) is 0.126. The van der Waals surface area contributed by atoms with Crippen LogP contribution in [0.2, 0.25) is 5.02 Å². The van der Waals surface area contributed by atoms with E-state index in [1.807, 2.05) is 53.7 Å². The second-order valence-corrected chi connectivity index (χ2v) is 4.99. The van der Waals surface area contributed by atoms with E-state index in [0.29, 0.717) is 5.02 Å². The molecule has 1 aliphatic rings. The van der Waals surface area contributed by atoms with E-state index in [1.165, 1.54) is 0 Å².